The van der Waals surface area contributed by atoms with Gasteiger partial charge in [-0.25, -0.2) is 15.0 Å². The number of ether oxygens (including phenoxy) is 1. The van der Waals surface area contributed by atoms with Gasteiger partial charge in [-0.1, -0.05) is 13.8 Å². The number of alkyl halides is 3. The lowest BCUT2D eigenvalue weighted by Gasteiger charge is -2.38. The molecule has 2 aliphatic rings. The molecule has 0 aromatic carbocycles. The number of rotatable bonds is 6. The average molecular weight is 464 g/mol. The molecule has 10 heteroatoms. The molecule has 1 aliphatic heterocycles. The fourth-order valence-electron chi connectivity index (χ4n) is 4.64. The van der Waals surface area contributed by atoms with Crippen LogP contribution in [0, 0.1) is 24.7 Å². The lowest BCUT2D eigenvalue weighted by molar-refractivity contribution is -0.141. The highest BCUT2D eigenvalue weighted by Gasteiger charge is 2.36. The van der Waals surface area contributed by atoms with Crippen LogP contribution in [0.15, 0.2) is 18.3 Å². The van der Waals surface area contributed by atoms with Gasteiger partial charge in [0.2, 0.25) is 5.91 Å². The van der Waals surface area contributed by atoms with Crippen molar-refractivity contribution < 1.29 is 22.7 Å². The van der Waals surface area contributed by atoms with Crippen LogP contribution in [0.2, 0.25) is 0 Å². The van der Waals surface area contributed by atoms with E-state index >= 15 is 0 Å². The number of carbonyl (C=O) groups excluding carboxylic acids is 1. The van der Waals surface area contributed by atoms with Gasteiger partial charge in [0.15, 0.2) is 5.82 Å². The number of fused-ring (bicyclic) bond motifs is 1. The molecule has 2 aromatic heterocycles. The number of carbonyl (C=O) groups is 1. The number of nitrogens with one attached hydrogen (secondary N) is 1. The molecule has 0 unspecified atom stereocenters. The van der Waals surface area contributed by atoms with Crippen molar-refractivity contribution >= 4 is 17.4 Å². The molecule has 7 nitrogen and oxygen atoms in total. The molecule has 1 atom stereocenters. The molecule has 178 valence electrons. The predicted molar refractivity (Wildman–Crippen MR) is 117 cm³/mol. The van der Waals surface area contributed by atoms with E-state index in [1.165, 1.54) is 6.07 Å². The first-order valence-electron chi connectivity index (χ1n) is 11.1. The van der Waals surface area contributed by atoms with Crippen LogP contribution in [0.25, 0.3) is 0 Å². The Labute approximate surface area is 190 Å². The minimum absolute atomic E-state index is 0.0375. The van der Waals surface area contributed by atoms with E-state index in [0.29, 0.717) is 29.9 Å². The molecule has 2 aromatic rings. The molecule has 0 radical (unpaired) electrons. The molecule has 0 bridgehead atoms. The number of aryl methyl sites for hydroxylation is 1. The monoisotopic (exact) mass is 463 g/mol. The molecule has 1 N–H and O–H groups in total. The Morgan fingerprint density at radius 3 is 2.55 bits per heavy atom. The summed E-state index contributed by atoms with van der Waals surface area (Å²) < 4.78 is 43.4. The largest absolute Gasteiger partial charge is 0.492 e. The summed E-state index contributed by atoms with van der Waals surface area (Å²) in [6.07, 6.45) is -0.723. The maximum atomic E-state index is 12.6. The van der Waals surface area contributed by atoms with Crippen molar-refractivity contribution in [1.82, 2.24) is 15.0 Å². The first kappa shape index (κ1) is 23.3. The third-order valence-corrected chi connectivity index (χ3v) is 6.33. The van der Waals surface area contributed by atoms with E-state index in [4.69, 9.17) is 9.72 Å². The third kappa shape index (κ3) is 4.89. The van der Waals surface area contributed by atoms with Gasteiger partial charge in [-0.3, -0.25) is 4.79 Å². The molecule has 0 spiro atoms. The first-order chi connectivity index (χ1) is 15.5. The number of hydrogen-bond acceptors (Lipinski definition) is 6. The highest BCUT2D eigenvalue weighted by atomic mass is 19.4. The molecule has 1 amide bonds. The Kier molecular flexibility index (Phi) is 6.20. The topological polar surface area (TPSA) is 80.2 Å². The number of halogens is 3. The molecule has 0 saturated heterocycles. The van der Waals surface area contributed by atoms with E-state index in [9.17, 15) is 18.0 Å². The Bertz CT molecular complexity index is 1020. The van der Waals surface area contributed by atoms with Crippen molar-refractivity contribution in [2.24, 2.45) is 17.8 Å². The molecule has 3 heterocycles. The zero-order valence-electron chi connectivity index (χ0n) is 19.1. The second-order valence-corrected chi connectivity index (χ2v) is 9.31. The molecule has 4 rings (SSSR count). The third-order valence-electron chi connectivity index (χ3n) is 6.33. The van der Waals surface area contributed by atoms with Gasteiger partial charge in [-0.05, 0) is 49.7 Å². The molecule has 1 fully saturated rings. The highest BCUT2D eigenvalue weighted by Crippen LogP contribution is 2.38. The van der Waals surface area contributed by atoms with Crippen LogP contribution in [-0.4, -0.2) is 40.6 Å². The van der Waals surface area contributed by atoms with E-state index in [-0.39, 0.29) is 17.9 Å². The molecular formula is C23H28F3N5O2. The first-order valence-corrected chi connectivity index (χ1v) is 11.1. The molecule has 1 aliphatic carbocycles. The molecular weight excluding hydrogens is 435 g/mol. The summed E-state index contributed by atoms with van der Waals surface area (Å²) in [6, 6.07) is 1.96. The van der Waals surface area contributed by atoms with Gasteiger partial charge in [0.05, 0.1) is 18.5 Å². The number of anilines is 2. The lowest BCUT2D eigenvalue weighted by Crippen LogP contribution is -2.49. The minimum Gasteiger partial charge on any atom is -0.492 e. The van der Waals surface area contributed by atoms with Crippen LogP contribution in [0.5, 0.6) is 5.75 Å². The summed E-state index contributed by atoms with van der Waals surface area (Å²) >= 11 is 0. The summed E-state index contributed by atoms with van der Waals surface area (Å²) in [4.78, 5) is 27.2. The molecule has 1 saturated carbocycles. The zero-order valence-corrected chi connectivity index (χ0v) is 19.1. The van der Waals surface area contributed by atoms with Gasteiger partial charge in [0.1, 0.15) is 29.0 Å². The van der Waals surface area contributed by atoms with Gasteiger partial charge in [-0.2, -0.15) is 13.2 Å². The van der Waals surface area contributed by atoms with E-state index < -0.39 is 11.9 Å². The van der Waals surface area contributed by atoms with Gasteiger partial charge in [0, 0.05) is 13.5 Å². The van der Waals surface area contributed by atoms with Crippen LogP contribution in [-0.2, 0) is 17.4 Å². The number of aromatic nitrogens is 3. The van der Waals surface area contributed by atoms with E-state index in [0.717, 1.165) is 48.9 Å². The second kappa shape index (κ2) is 8.79. The Morgan fingerprint density at radius 2 is 1.94 bits per heavy atom. The average Bonchev–Trinajstić information content (AvgIpc) is 2.70. The fraction of sp³-hybridized carbons (Fsp3) is 0.565. The summed E-state index contributed by atoms with van der Waals surface area (Å²) in [5, 5.41) is 2.96. The number of hydrogen-bond donors (Lipinski definition) is 1. The zero-order chi connectivity index (χ0) is 23.9. The van der Waals surface area contributed by atoms with Crippen molar-refractivity contribution in [2.45, 2.75) is 52.3 Å². The van der Waals surface area contributed by atoms with Crippen molar-refractivity contribution in [1.29, 1.82) is 0 Å². The van der Waals surface area contributed by atoms with E-state index in [1.54, 1.807) is 0 Å². The van der Waals surface area contributed by atoms with Gasteiger partial charge >= 0.3 is 6.18 Å². The smallest absolute Gasteiger partial charge is 0.433 e. The summed E-state index contributed by atoms with van der Waals surface area (Å²) in [5.41, 5.74) is 0.503. The number of likely N-dealkylation sites (N-methyl/N-ethyl adjacent to an activating group) is 1. The lowest BCUT2D eigenvalue weighted by atomic mass is 9.73. The summed E-state index contributed by atoms with van der Waals surface area (Å²) in [7, 11) is 1.89. The number of nitrogens with zero attached hydrogens (tertiary/aromatic N) is 4. The van der Waals surface area contributed by atoms with Crippen LogP contribution in [0.3, 0.4) is 0 Å². The van der Waals surface area contributed by atoms with Crippen LogP contribution in [0.1, 0.15) is 43.9 Å². The Hall–Kier alpha value is -2.91. The van der Waals surface area contributed by atoms with Crippen LogP contribution in [0.4, 0.5) is 24.7 Å². The Morgan fingerprint density at radius 1 is 1.21 bits per heavy atom. The highest BCUT2D eigenvalue weighted by molar-refractivity contribution is 6.03. The summed E-state index contributed by atoms with van der Waals surface area (Å²) in [5.74, 6) is 2.72. The number of amides is 1. The SMILES string of the molecule is Cc1nc(CC2CC(COc3ccc(C(F)(F)F)nc3)C2)nc2c1NC(=O)[C@H](C(C)C)N2C. The van der Waals surface area contributed by atoms with Gasteiger partial charge in [-0.15, -0.1) is 0 Å². The van der Waals surface area contributed by atoms with Crippen molar-refractivity contribution in [2.75, 3.05) is 23.9 Å². The minimum atomic E-state index is -4.45. The maximum absolute atomic E-state index is 12.6. The normalized spacial score (nSPS) is 22.6. The van der Waals surface area contributed by atoms with Crippen molar-refractivity contribution in [3.63, 3.8) is 0 Å². The van der Waals surface area contributed by atoms with Crippen molar-refractivity contribution in [3.8, 4) is 5.75 Å². The maximum Gasteiger partial charge on any atom is 0.433 e. The van der Waals surface area contributed by atoms with Crippen LogP contribution >= 0.6 is 0 Å². The molecule has 33 heavy (non-hydrogen) atoms. The predicted octanol–water partition coefficient (Wildman–Crippen LogP) is 4.26. The van der Waals surface area contributed by atoms with Gasteiger partial charge in [0.25, 0.3) is 0 Å². The Balaban J connectivity index is 1.32. The fourth-order valence-corrected chi connectivity index (χ4v) is 4.64. The quantitative estimate of drug-likeness (QED) is 0.690. The van der Waals surface area contributed by atoms with Crippen LogP contribution < -0.4 is 15.0 Å². The second-order valence-electron chi connectivity index (χ2n) is 9.31. The van der Waals surface area contributed by atoms with Crippen molar-refractivity contribution in [3.05, 3.63) is 35.5 Å². The van der Waals surface area contributed by atoms with Gasteiger partial charge < -0.3 is 15.0 Å². The van der Waals surface area contributed by atoms with E-state index in [1.807, 2.05) is 32.7 Å². The summed E-state index contributed by atoms with van der Waals surface area (Å²) in [6.45, 7) is 6.35. The van der Waals surface area contributed by atoms with E-state index in [2.05, 4.69) is 15.3 Å². The number of pyridine rings is 1. The standard InChI is InChI=1S/C23H28F3N5O2/c1-12(2)20-22(32)30-19-13(3)28-18(29-21(19)31(20)4)9-14-7-15(8-14)11-33-16-5-6-17(27-10-16)23(24,25)26/h5-6,10,12,14-15,20H,7-9,11H2,1-4H3,(H,30,32)/t14?,15?,20-/m0/s1.